The molecule has 2 heteroatoms. The molecule has 22 heavy (non-hydrogen) atoms. The van der Waals surface area contributed by atoms with Crippen LogP contribution in [0.4, 0.5) is 0 Å². The van der Waals surface area contributed by atoms with Crippen LogP contribution in [0.1, 0.15) is 18.9 Å². The molecule has 0 fully saturated rings. The number of rotatable bonds is 6. The SMILES string of the molecule is CCCOc1ccc2cc(OCc3ccccc3)ccc2c1. The molecule has 0 atom stereocenters. The standard InChI is InChI=1S/C20H20O2/c1-2-12-21-19-10-8-18-14-20(11-9-17(18)13-19)22-15-16-6-4-3-5-7-16/h3-11,13-14H,2,12,15H2,1H3. The number of hydrogen-bond donors (Lipinski definition) is 0. The fourth-order valence-electron chi connectivity index (χ4n) is 2.34. The molecule has 0 aliphatic rings. The number of fused-ring (bicyclic) bond motifs is 1. The van der Waals surface area contributed by atoms with Gasteiger partial charge in [0.15, 0.2) is 0 Å². The van der Waals surface area contributed by atoms with Crippen molar-refractivity contribution in [1.82, 2.24) is 0 Å². The highest BCUT2D eigenvalue weighted by Gasteiger charge is 2.01. The number of hydrogen-bond acceptors (Lipinski definition) is 2. The molecule has 0 amide bonds. The van der Waals surface area contributed by atoms with E-state index in [-0.39, 0.29) is 0 Å². The largest absolute Gasteiger partial charge is 0.494 e. The maximum atomic E-state index is 5.86. The second-order valence-corrected chi connectivity index (χ2v) is 5.29. The quantitative estimate of drug-likeness (QED) is 0.621. The van der Waals surface area contributed by atoms with E-state index < -0.39 is 0 Å². The zero-order valence-corrected chi connectivity index (χ0v) is 12.8. The van der Waals surface area contributed by atoms with Crippen LogP contribution >= 0.6 is 0 Å². The molecule has 0 aliphatic carbocycles. The van der Waals surface area contributed by atoms with Gasteiger partial charge in [0, 0.05) is 0 Å². The lowest BCUT2D eigenvalue weighted by Gasteiger charge is -2.09. The predicted molar refractivity (Wildman–Crippen MR) is 90.5 cm³/mol. The van der Waals surface area contributed by atoms with Crippen molar-refractivity contribution >= 4 is 10.8 Å². The number of ether oxygens (including phenoxy) is 2. The highest BCUT2D eigenvalue weighted by molar-refractivity contribution is 5.85. The Labute approximate surface area is 131 Å². The van der Waals surface area contributed by atoms with E-state index in [4.69, 9.17) is 9.47 Å². The molecule has 0 radical (unpaired) electrons. The highest BCUT2D eigenvalue weighted by Crippen LogP contribution is 2.25. The maximum absolute atomic E-state index is 5.86. The van der Waals surface area contributed by atoms with Gasteiger partial charge in [0.1, 0.15) is 18.1 Å². The Kier molecular flexibility index (Phi) is 4.59. The van der Waals surface area contributed by atoms with Crippen molar-refractivity contribution in [3.8, 4) is 11.5 Å². The topological polar surface area (TPSA) is 18.5 Å². The molecule has 0 saturated carbocycles. The van der Waals surface area contributed by atoms with Gasteiger partial charge in [0.05, 0.1) is 6.61 Å². The lowest BCUT2D eigenvalue weighted by molar-refractivity contribution is 0.306. The molecule has 0 aromatic heterocycles. The lowest BCUT2D eigenvalue weighted by atomic mass is 10.1. The van der Waals surface area contributed by atoms with Gasteiger partial charge in [0.25, 0.3) is 0 Å². The van der Waals surface area contributed by atoms with E-state index in [0.29, 0.717) is 6.61 Å². The van der Waals surface area contributed by atoms with Gasteiger partial charge >= 0.3 is 0 Å². The smallest absolute Gasteiger partial charge is 0.120 e. The van der Waals surface area contributed by atoms with Gasteiger partial charge in [0.2, 0.25) is 0 Å². The van der Waals surface area contributed by atoms with Gasteiger partial charge in [-0.1, -0.05) is 49.4 Å². The van der Waals surface area contributed by atoms with Crippen LogP contribution < -0.4 is 9.47 Å². The fourth-order valence-corrected chi connectivity index (χ4v) is 2.34. The second kappa shape index (κ2) is 6.99. The van der Waals surface area contributed by atoms with Crippen molar-refractivity contribution in [2.45, 2.75) is 20.0 Å². The molecule has 0 spiro atoms. The van der Waals surface area contributed by atoms with Gasteiger partial charge < -0.3 is 9.47 Å². The van der Waals surface area contributed by atoms with E-state index in [0.717, 1.165) is 29.9 Å². The molecule has 3 rings (SSSR count). The minimum Gasteiger partial charge on any atom is -0.494 e. The highest BCUT2D eigenvalue weighted by atomic mass is 16.5. The van der Waals surface area contributed by atoms with Crippen LogP contribution in [0.25, 0.3) is 10.8 Å². The Bertz CT molecular complexity index is 735. The van der Waals surface area contributed by atoms with Crippen LogP contribution in [0.3, 0.4) is 0 Å². The summed E-state index contributed by atoms with van der Waals surface area (Å²) in [6.45, 7) is 3.45. The molecule has 0 heterocycles. The maximum Gasteiger partial charge on any atom is 0.120 e. The summed E-state index contributed by atoms with van der Waals surface area (Å²) in [4.78, 5) is 0. The van der Waals surface area contributed by atoms with Crippen molar-refractivity contribution in [2.75, 3.05) is 6.61 Å². The van der Waals surface area contributed by atoms with Gasteiger partial charge in [-0.15, -0.1) is 0 Å². The lowest BCUT2D eigenvalue weighted by Crippen LogP contribution is -1.95. The molecule has 112 valence electrons. The molecule has 0 aliphatic heterocycles. The van der Waals surface area contributed by atoms with Crippen LogP contribution in [-0.2, 0) is 6.61 Å². The monoisotopic (exact) mass is 292 g/mol. The first-order chi connectivity index (χ1) is 10.8. The van der Waals surface area contributed by atoms with Crippen LogP contribution in [0.2, 0.25) is 0 Å². The second-order valence-electron chi connectivity index (χ2n) is 5.29. The summed E-state index contributed by atoms with van der Waals surface area (Å²) in [7, 11) is 0. The predicted octanol–water partition coefficient (Wildman–Crippen LogP) is 5.21. The van der Waals surface area contributed by atoms with Crippen molar-refractivity contribution in [3.63, 3.8) is 0 Å². The third kappa shape index (κ3) is 3.59. The zero-order chi connectivity index (χ0) is 15.2. The van der Waals surface area contributed by atoms with Gasteiger partial charge in [-0.3, -0.25) is 0 Å². The van der Waals surface area contributed by atoms with E-state index in [1.54, 1.807) is 0 Å². The first-order valence-electron chi connectivity index (χ1n) is 7.68. The first-order valence-corrected chi connectivity index (χ1v) is 7.68. The Hall–Kier alpha value is -2.48. The van der Waals surface area contributed by atoms with Crippen LogP contribution in [0.5, 0.6) is 11.5 Å². The summed E-state index contributed by atoms with van der Waals surface area (Å²) in [6.07, 6.45) is 1.02. The molecule has 3 aromatic rings. The normalized spacial score (nSPS) is 10.6. The molecule has 0 bridgehead atoms. The minimum atomic E-state index is 0.587. The molecular formula is C20H20O2. The Morgan fingerprint density at radius 1 is 0.727 bits per heavy atom. The summed E-state index contributed by atoms with van der Waals surface area (Å²) >= 11 is 0. The van der Waals surface area contributed by atoms with E-state index >= 15 is 0 Å². The summed E-state index contributed by atoms with van der Waals surface area (Å²) in [5.74, 6) is 1.81. The summed E-state index contributed by atoms with van der Waals surface area (Å²) in [5, 5.41) is 2.33. The third-order valence-electron chi connectivity index (χ3n) is 3.50. The van der Waals surface area contributed by atoms with Crippen LogP contribution in [0.15, 0.2) is 66.7 Å². The average Bonchev–Trinajstić information content (AvgIpc) is 2.59. The van der Waals surface area contributed by atoms with E-state index in [2.05, 4.69) is 43.3 Å². The third-order valence-corrected chi connectivity index (χ3v) is 3.50. The molecule has 0 saturated heterocycles. The van der Waals surface area contributed by atoms with Gasteiger partial charge in [-0.2, -0.15) is 0 Å². The van der Waals surface area contributed by atoms with E-state index in [1.165, 1.54) is 10.9 Å². The first kappa shape index (κ1) is 14.5. The average molecular weight is 292 g/mol. The Morgan fingerprint density at radius 2 is 1.36 bits per heavy atom. The minimum absolute atomic E-state index is 0.587. The van der Waals surface area contributed by atoms with Crippen molar-refractivity contribution in [3.05, 3.63) is 72.3 Å². The van der Waals surface area contributed by atoms with Gasteiger partial charge in [-0.25, -0.2) is 0 Å². The number of benzene rings is 3. The summed E-state index contributed by atoms with van der Waals surface area (Å²) in [5.41, 5.74) is 1.17. The molecular weight excluding hydrogens is 272 g/mol. The van der Waals surface area contributed by atoms with Crippen molar-refractivity contribution < 1.29 is 9.47 Å². The Balaban J connectivity index is 1.72. The Morgan fingerprint density at radius 3 is 2.00 bits per heavy atom. The van der Waals surface area contributed by atoms with Crippen molar-refractivity contribution in [2.24, 2.45) is 0 Å². The van der Waals surface area contributed by atoms with Crippen molar-refractivity contribution in [1.29, 1.82) is 0 Å². The summed E-state index contributed by atoms with van der Waals surface area (Å²) < 4.78 is 11.5. The zero-order valence-electron chi connectivity index (χ0n) is 12.8. The van der Waals surface area contributed by atoms with Gasteiger partial charge in [-0.05, 0) is 47.0 Å². The van der Waals surface area contributed by atoms with E-state index in [1.807, 2.05) is 30.3 Å². The fraction of sp³-hybridized carbons (Fsp3) is 0.200. The molecule has 2 nitrogen and oxygen atoms in total. The van der Waals surface area contributed by atoms with Crippen LogP contribution in [0, 0.1) is 0 Å². The summed E-state index contributed by atoms with van der Waals surface area (Å²) in [6, 6.07) is 22.5. The molecule has 3 aromatic carbocycles. The van der Waals surface area contributed by atoms with Crippen LogP contribution in [-0.4, -0.2) is 6.61 Å². The molecule has 0 unspecified atom stereocenters. The van der Waals surface area contributed by atoms with E-state index in [9.17, 15) is 0 Å². The molecule has 0 N–H and O–H groups in total.